The number of aliphatic hydroxyl groups excluding tert-OH is 1. The highest BCUT2D eigenvalue weighted by Crippen LogP contribution is 2.37. The summed E-state index contributed by atoms with van der Waals surface area (Å²) in [6, 6.07) is 24.1. The molecule has 2 aromatic heterocycles. The molecule has 3 aliphatic rings. The number of H-pyrrole nitrogens is 1. The minimum atomic E-state index is -0.910. The Balaban J connectivity index is 0.647. The average molecular weight is 986 g/mol. The van der Waals surface area contributed by atoms with Crippen molar-refractivity contribution in [2.24, 2.45) is 0 Å². The molecule has 8 rings (SSSR count). The van der Waals surface area contributed by atoms with Crippen LogP contribution in [0, 0.1) is 0 Å². The topological polar surface area (TPSA) is 237 Å². The van der Waals surface area contributed by atoms with E-state index in [1.165, 1.54) is 0 Å². The standard InChI is InChI=1S/C53H67N11O8/c1-36(57-49(67)39-8-6-9-42(32-39)60-53(20-26-63(2)27-21-53)52-59-48(61-62-52)38-18-22-54-23-19-38)37-10-13-43(14-11-37)72-31-5-3-4-28-70-29-7-30-71-35-47(66)56-25-24-55-41-12-15-44-40(33-41)34-64(51(44)69)45-16-17-46(65)58-50(45)68/h6,8-15,18-19,22-23,32-33,36,45,51,55,60,69H,3-5,7,16-17,20-21,24-31,34-35H2,1-2H3,(H,56,66)(H,57,67)(H,58,65,68)(H,59,61,62)/t36-,45?,51?/m1/s1. The largest absolute Gasteiger partial charge is 0.494 e. The first-order valence-electron chi connectivity index (χ1n) is 25.0. The summed E-state index contributed by atoms with van der Waals surface area (Å²) in [5.41, 5.74) is 5.30. The van der Waals surface area contributed by atoms with Crippen molar-refractivity contribution >= 4 is 35.0 Å². The molecule has 2 unspecified atom stereocenters. The number of benzene rings is 3. The van der Waals surface area contributed by atoms with Gasteiger partial charge in [0.2, 0.25) is 17.7 Å². The van der Waals surface area contributed by atoms with Gasteiger partial charge in [-0.3, -0.25) is 34.4 Å². The molecule has 0 saturated carbocycles. The third-order valence-electron chi connectivity index (χ3n) is 13.5. The third-order valence-corrected chi connectivity index (χ3v) is 13.5. The van der Waals surface area contributed by atoms with Crippen molar-refractivity contribution in [2.75, 3.05) is 76.9 Å². The predicted molar refractivity (Wildman–Crippen MR) is 271 cm³/mol. The number of piperidine rings is 2. The second-order valence-electron chi connectivity index (χ2n) is 18.7. The predicted octanol–water partition coefficient (Wildman–Crippen LogP) is 5.20. The van der Waals surface area contributed by atoms with E-state index in [1.807, 2.05) is 85.8 Å². The smallest absolute Gasteiger partial charge is 0.251 e. The van der Waals surface area contributed by atoms with Crippen LogP contribution in [0.25, 0.3) is 11.4 Å². The fraction of sp³-hybridized carbons (Fsp3) is 0.453. The summed E-state index contributed by atoms with van der Waals surface area (Å²) in [7, 11) is 2.12. The number of likely N-dealkylation sites (tertiary alicyclic amines) is 1. The fourth-order valence-corrected chi connectivity index (χ4v) is 9.28. The minimum absolute atomic E-state index is 0.0268. The summed E-state index contributed by atoms with van der Waals surface area (Å²) in [4.78, 5) is 61.3. The van der Waals surface area contributed by atoms with Gasteiger partial charge in [-0.05, 0) is 125 Å². The normalized spacial score (nSPS) is 18.2. The molecule has 0 spiro atoms. The molecular formula is C53H67N11O8. The fourth-order valence-electron chi connectivity index (χ4n) is 9.28. The van der Waals surface area contributed by atoms with Crippen molar-refractivity contribution in [2.45, 2.75) is 88.7 Å². The van der Waals surface area contributed by atoms with Crippen LogP contribution in [0.3, 0.4) is 0 Å². The lowest BCUT2D eigenvalue weighted by atomic mass is 9.86. The first-order chi connectivity index (χ1) is 35.0. The molecule has 5 heterocycles. The summed E-state index contributed by atoms with van der Waals surface area (Å²) in [5, 5.41) is 35.3. The summed E-state index contributed by atoms with van der Waals surface area (Å²) in [6.07, 6.45) is 8.29. The Morgan fingerprint density at radius 3 is 2.46 bits per heavy atom. The van der Waals surface area contributed by atoms with Gasteiger partial charge >= 0.3 is 0 Å². The Kier molecular flexibility index (Phi) is 18.0. The number of carbonyl (C=O) groups excluding carboxylic acids is 4. The number of anilines is 2. The molecule has 19 nitrogen and oxygen atoms in total. The quantitative estimate of drug-likeness (QED) is 0.0294. The van der Waals surface area contributed by atoms with Crippen LogP contribution in [0.2, 0.25) is 0 Å². The van der Waals surface area contributed by atoms with E-state index >= 15 is 0 Å². The molecule has 72 heavy (non-hydrogen) atoms. The van der Waals surface area contributed by atoms with Crippen molar-refractivity contribution in [1.82, 2.24) is 45.9 Å². The third kappa shape index (κ3) is 13.8. The molecule has 3 atom stereocenters. The van der Waals surface area contributed by atoms with Gasteiger partial charge in [-0.2, -0.15) is 0 Å². The monoisotopic (exact) mass is 986 g/mol. The summed E-state index contributed by atoms with van der Waals surface area (Å²) >= 11 is 0. The lowest BCUT2D eigenvalue weighted by molar-refractivity contribution is -0.141. The molecule has 3 aromatic carbocycles. The van der Waals surface area contributed by atoms with Crippen molar-refractivity contribution in [3.8, 4) is 17.1 Å². The van der Waals surface area contributed by atoms with Gasteiger partial charge in [0.05, 0.1) is 24.2 Å². The number of aliphatic hydroxyl groups is 1. The lowest BCUT2D eigenvalue weighted by Gasteiger charge is -2.40. The van der Waals surface area contributed by atoms with Crippen LogP contribution in [-0.2, 0) is 35.9 Å². The van der Waals surface area contributed by atoms with E-state index < -0.39 is 17.8 Å². The number of carbonyl (C=O) groups is 4. The molecule has 4 amide bonds. The first kappa shape index (κ1) is 51.6. The Labute approximate surface area is 420 Å². The van der Waals surface area contributed by atoms with E-state index in [-0.39, 0.29) is 42.7 Å². The highest BCUT2D eigenvalue weighted by atomic mass is 16.5. The van der Waals surface area contributed by atoms with E-state index in [2.05, 4.69) is 58.7 Å². The number of nitrogens with zero attached hydrogens (tertiary/aromatic N) is 5. The number of aromatic nitrogens is 4. The Hall–Kier alpha value is -6.77. The molecule has 3 aliphatic heterocycles. The maximum Gasteiger partial charge on any atom is 0.251 e. The van der Waals surface area contributed by atoms with Gasteiger partial charge in [0.15, 0.2) is 11.6 Å². The maximum atomic E-state index is 13.5. The van der Waals surface area contributed by atoms with Crippen molar-refractivity contribution in [3.63, 3.8) is 0 Å². The van der Waals surface area contributed by atoms with E-state index in [0.717, 1.165) is 90.4 Å². The van der Waals surface area contributed by atoms with E-state index in [4.69, 9.17) is 14.2 Å². The second kappa shape index (κ2) is 25.1. The van der Waals surface area contributed by atoms with Crippen molar-refractivity contribution in [3.05, 3.63) is 119 Å². The van der Waals surface area contributed by atoms with Crippen LogP contribution in [0.5, 0.6) is 5.75 Å². The van der Waals surface area contributed by atoms with Crippen LogP contribution in [0.1, 0.15) is 103 Å². The van der Waals surface area contributed by atoms with Crippen LogP contribution in [-0.4, -0.2) is 131 Å². The molecule has 7 N–H and O–H groups in total. The molecule has 19 heteroatoms. The lowest BCUT2D eigenvalue weighted by Crippen LogP contribution is -2.51. The van der Waals surface area contributed by atoms with Gasteiger partial charge in [0.1, 0.15) is 18.6 Å². The molecule has 5 aromatic rings. The van der Waals surface area contributed by atoms with Crippen LogP contribution in [0.4, 0.5) is 11.4 Å². The summed E-state index contributed by atoms with van der Waals surface area (Å²) < 4.78 is 17.3. The molecule has 382 valence electrons. The van der Waals surface area contributed by atoms with Crippen LogP contribution >= 0.6 is 0 Å². The van der Waals surface area contributed by atoms with Gasteiger partial charge in [0, 0.05) is 99.4 Å². The zero-order chi connectivity index (χ0) is 50.3. The number of hydrogen-bond donors (Lipinski definition) is 7. The average Bonchev–Trinajstić information content (AvgIpc) is 4.02. The molecule has 0 radical (unpaired) electrons. The summed E-state index contributed by atoms with van der Waals surface area (Å²) in [5.74, 6) is 1.22. The van der Waals surface area contributed by atoms with Gasteiger partial charge in [-0.15, -0.1) is 10.2 Å². The number of amides is 4. The van der Waals surface area contributed by atoms with Crippen molar-refractivity contribution < 1.29 is 38.5 Å². The molecule has 2 fully saturated rings. The number of fused-ring (bicyclic) bond motifs is 1. The second-order valence-corrected chi connectivity index (χ2v) is 18.7. The number of ether oxygens (including phenoxy) is 3. The Bertz CT molecular complexity index is 2590. The highest BCUT2D eigenvalue weighted by molar-refractivity contribution is 6.00. The zero-order valence-corrected chi connectivity index (χ0v) is 41.2. The first-order valence-corrected chi connectivity index (χ1v) is 25.0. The number of imide groups is 1. The molecule has 0 bridgehead atoms. The SMILES string of the molecule is C[C@@H](NC(=O)c1cccc(NC2(c3nnc(-c4ccncc4)[nH]3)CCN(C)CC2)c1)c1ccc(OCCCCCOCCCOCC(=O)NCCNc2ccc3c(c2)CN(C2CCC(=O)NC2=O)C3O)cc1. The number of nitrogens with one attached hydrogen (secondary N) is 6. The number of hydrogen-bond acceptors (Lipinski definition) is 15. The molecular weight excluding hydrogens is 919 g/mol. The number of rotatable bonds is 25. The Morgan fingerprint density at radius 1 is 0.875 bits per heavy atom. The number of pyridine rings is 1. The van der Waals surface area contributed by atoms with Gasteiger partial charge in [-0.1, -0.05) is 24.3 Å². The van der Waals surface area contributed by atoms with E-state index in [1.54, 1.807) is 17.3 Å². The highest BCUT2D eigenvalue weighted by Gasteiger charge is 2.41. The number of unbranched alkanes of at least 4 members (excludes halogenated alkanes) is 2. The van der Waals surface area contributed by atoms with Crippen LogP contribution < -0.4 is 31.3 Å². The summed E-state index contributed by atoms with van der Waals surface area (Å²) in [6.45, 7) is 7.24. The van der Waals surface area contributed by atoms with Gasteiger partial charge in [0.25, 0.3) is 5.91 Å². The zero-order valence-electron chi connectivity index (χ0n) is 41.2. The maximum absolute atomic E-state index is 13.5. The van der Waals surface area contributed by atoms with Crippen molar-refractivity contribution in [1.29, 1.82) is 0 Å². The molecule has 2 saturated heterocycles. The van der Waals surface area contributed by atoms with Crippen LogP contribution in [0.15, 0.2) is 91.3 Å². The molecule has 0 aliphatic carbocycles. The van der Waals surface area contributed by atoms with Gasteiger partial charge < -0.3 is 50.5 Å². The van der Waals surface area contributed by atoms with E-state index in [0.29, 0.717) is 70.3 Å². The van der Waals surface area contributed by atoms with E-state index in [9.17, 15) is 24.3 Å². The number of aromatic amines is 1. The Morgan fingerprint density at radius 2 is 1.65 bits per heavy atom. The minimum Gasteiger partial charge on any atom is -0.494 e. The van der Waals surface area contributed by atoms with Gasteiger partial charge in [-0.25, -0.2) is 0 Å².